The molecule has 0 radical (unpaired) electrons. The van der Waals surface area contributed by atoms with E-state index >= 15 is 0 Å². The Hall–Kier alpha value is -0.800. The fraction of sp³-hybridized carbons (Fsp3) is 0.636. The van der Waals surface area contributed by atoms with E-state index in [4.69, 9.17) is 10.2 Å². The van der Waals surface area contributed by atoms with Crippen LogP contribution in [-0.4, -0.2) is 12.6 Å². The molecule has 0 aliphatic rings. The molecule has 0 aliphatic heterocycles. The van der Waals surface area contributed by atoms with Crippen LogP contribution in [0, 0.1) is 6.92 Å². The van der Waals surface area contributed by atoms with Gasteiger partial charge in [0.1, 0.15) is 11.5 Å². The third-order valence-corrected chi connectivity index (χ3v) is 2.11. The second-order valence-corrected chi connectivity index (χ2v) is 3.81. The minimum absolute atomic E-state index is 0.308. The molecule has 3 nitrogen and oxygen atoms in total. The fourth-order valence-corrected chi connectivity index (χ4v) is 1.34. The molecule has 1 aromatic rings. The summed E-state index contributed by atoms with van der Waals surface area (Å²) in [6, 6.07) is 4.30. The Balaban J connectivity index is 2.04. The van der Waals surface area contributed by atoms with Gasteiger partial charge in [-0.25, -0.2) is 0 Å². The van der Waals surface area contributed by atoms with Gasteiger partial charge in [0.15, 0.2) is 0 Å². The van der Waals surface area contributed by atoms with Crippen LogP contribution in [0.2, 0.25) is 0 Å². The summed E-state index contributed by atoms with van der Waals surface area (Å²) in [6.07, 6.45) is 2.20. The molecule has 0 fully saturated rings. The van der Waals surface area contributed by atoms with Crippen LogP contribution in [0.3, 0.4) is 0 Å². The van der Waals surface area contributed by atoms with E-state index in [2.05, 4.69) is 5.32 Å². The van der Waals surface area contributed by atoms with E-state index in [0.717, 1.165) is 37.5 Å². The first kappa shape index (κ1) is 11.3. The van der Waals surface area contributed by atoms with Gasteiger partial charge in [0.2, 0.25) is 0 Å². The third kappa shape index (κ3) is 4.44. The zero-order chi connectivity index (χ0) is 10.4. The van der Waals surface area contributed by atoms with Crippen LogP contribution in [0.25, 0.3) is 0 Å². The highest BCUT2D eigenvalue weighted by molar-refractivity contribution is 5.04. The average Bonchev–Trinajstić information content (AvgIpc) is 2.50. The summed E-state index contributed by atoms with van der Waals surface area (Å²) < 4.78 is 5.42. The summed E-state index contributed by atoms with van der Waals surface area (Å²) in [7, 11) is 0. The summed E-state index contributed by atoms with van der Waals surface area (Å²) >= 11 is 0. The first-order valence-electron chi connectivity index (χ1n) is 5.20. The van der Waals surface area contributed by atoms with Crippen molar-refractivity contribution >= 4 is 0 Å². The van der Waals surface area contributed by atoms with Gasteiger partial charge in [0, 0.05) is 6.04 Å². The van der Waals surface area contributed by atoms with Crippen molar-refractivity contribution in [3.05, 3.63) is 23.7 Å². The van der Waals surface area contributed by atoms with Gasteiger partial charge in [-0.3, -0.25) is 0 Å². The first-order valence-corrected chi connectivity index (χ1v) is 5.20. The molecule has 1 heterocycles. The molecule has 3 heteroatoms. The van der Waals surface area contributed by atoms with Crippen molar-refractivity contribution in [1.29, 1.82) is 0 Å². The zero-order valence-corrected chi connectivity index (χ0v) is 9.05. The second-order valence-electron chi connectivity index (χ2n) is 3.81. The number of hydrogen-bond acceptors (Lipinski definition) is 3. The Morgan fingerprint density at radius 2 is 2.29 bits per heavy atom. The predicted octanol–water partition coefficient (Wildman–Crippen LogP) is 1.81. The highest BCUT2D eigenvalue weighted by Crippen LogP contribution is 2.05. The molecular formula is C11H20N2O. The molecule has 1 aromatic heterocycles. The fourth-order valence-electron chi connectivity index (χ4n) is 1.34. The molecule has 3 N–H and O–H groups in total. The van der Waals surface area contributed by atoms with Gasteiger partial charge in [-0.2, -0.15) is 0 Å². The molecule has 0 aliphatic carbocycles. The van der Waals surface area contributed by atoms with Gasteiger partial charge < -0.3 is 15.5 Å². The van der Waals surface area contributed by atoms with E-state index in [-0.39, 0.29) is 0 Å². The van der Waals surface area contributed by atoms with Crippen molar-refractivity contribution in [2.24, 2.45) is 5.73 Å². The van der Waals surface area contributed by atoms with Crippen LogP contribution < -0.4 is 11.1 Å². The summed E-state index contributed by atoms with van der Waals surface area (Å²) in [5.74, 6) is 1.97. The molecule has 1 unspecified atom stereocenters. The molecule has 0 aromatic carbocycles. The van der Waals surface area contributed by atoms with E-state index in [1.807, 2.05) is 26.0 Å². The van der Waals surface area contributed by atoms with E-state index in [1.54, 1.807) is 0 Å². The number of nitrogens with one attached hydrogen (secondary N) is 1. The van der Waals surface area contributed by atoms with Crippen molar-refractivity contribution in [3.63, 3.8) is 0 Å². The van der Waals surface area contributed by atoms with Gasteiger partial charge >= 0.3 is 0 Å². The van der Waals surface area contributed by atoms with Crippen LogP contribution in [0.15, 0.2) is 16.5 Å². The van der Waals surface area contributed by atoms with Gasteiger partial charge in [0.05, 0.1) is 6.54 Å². The quantitative estimate of drug-likeness (QED) is 0.682. The minimum Gasteiger partial charge on any atom is -0.465 e. The molecule has 0 amide bonds. The molecule has 1 atom stereocenters. The highest BCUT2D eigenvalue weighted by atomic mass is 16.3. The topological polar surface area (TPSA) is 51.2 Å². The van der Waals surface area contributed by atoms with Crippen molar-refractivity contribution in [1.82, 2.24) is 5.32 Å². The van der Waals surface area contributed by atoms with Crippen LogP contribution in [0.1, 0.15) is 31.3 Å². The molecule has 1 rings (SSSR count). The minimum atomic E-state index is 0.308. The molecule has 80 valence electrons. The molecule has 0 spiro atoms. The molecule has 14 heavy (non-hydrogen) atoms. The number of aryl methyl sites for hydroxylation is 1. The lowest BCUT2D eigenvalue weighted by molar-refractivity contribution is 0.457. The van der Waals surface area contributed by atoms with Gasteiger partial charge in [-0.1, -0.05) is 0 Å². The van der Waals surface area contributed by atoms with E-state index in [1.165, 1.54) is 0 Å². The Labute approximate surface area is 85.7 Å². The largest absolute Gasteiger partial charge is 0.465 e. The molecule has 0 saturated heterocycles. The van der Waals surface area contributed by atoms with Crippen molar-refractivity contribution in [2.75, 3.05) is 6.54 Å². The first-order chi connectivity index (χ1) is 6.68. The normalized spacial score (nSPS) is 13.1. The van der Waals surface area contributed by atoms with Crippen molar-refractivity contribution < 1.29 is 4.42 Å². The standard InChI is InChI=1S/C11H20N2O/c1-9(12)4-3-7-13-8-11-6-5-10(2)14-11/h5-6,9,13H,3-4,7-8,12H2,1-2H3. The number of rotatable bonds is 6. The van der Waals surface area contributed by atoms with Gasteiger partial charge in [-0.15, -0.1) is 0 Å². The molecule has 0 saturated carbocycles. The summed E-state index contributed by atoms with van der Waals surface area (Å²) in [6.45, 7) is 5.81. The average molecular weight is 196 g/mol. The summed E-state index contributed by atoms with van der Waals surface area (Å²) in [4.78, 5) is 0. The lowest BCUT2D eigenvalue weighted by Gasteiger charge is -2.05. The van der Waals surface area contributed by atoms with Crippen molar-refractivity contribution in [3.8, 4) is 0 Å². The number of nitrogens with two attached hydrogens (primary N) is 1. The van der Waals surface area contributed by atoms with Gasteiger partial charge in [0.25, 0.3) is 0 Å². The lowest BCUT2D eigenvalue weighted by Crippen LogP contribution is -2.19. The lowest BCUT2D eigenvalue weighted by atomic mass is 10.2. The Bertz CT molecular complexity index is 256. The number of furan rings is 1. The van der Waals surface area contributed by atoms with Crippen molar-refractivity contribution in [2.45, 2.75) is 39.3 Å². The maximum Gasteiger partial charge on any atom is 0.117 e. The third-order valence-electron chi connectivity index (χ3n) is 2.11. The SMILES string of the molecule is Cc1ccc(CNCCCC(C)N)o1. The van der Waals surface area contributed by atoms with Crippen LogP contribution in [0.5, 0.6) is 0 Å². The Morgan fingerprint density at radius 3 is 2.86 bits per heavy atom. The van der Waals surface area contributed by atoms with Crippen LogP contribution in [0.4, 0.5) is 0 Å². The maximum absolute atomic E-state index is 5.64. The Morgan fingerprint density at radius 1 is 1.50 bits per heavy atom. The van der Waals surface area contributed by atoms with Crippen LogP contribution in [-0.2, 0) is 6.54 Å². The molecule has 0 bridgehead atoms. The van der Waals surface area contributed by atoms with E-state index in [0.29, 0.717) is 6.04 Å². The highest BCUT2D eigenvalue weighted by Gasteiger charge is 1.98. The van der Waals surface area contributed by atoms with Crippen LogP contribution >= 0.6 is 0 Å². The Kier molecular flexibility index (Phi) is 4.70. The number of hydrogen-bond donors (Lipinski definition) is 2. The monoisotopic (exact) mass is 196 g/mol. The zero-order valence-electron chi connectivity index (χ0n) is 9.05. The predicted molar refractivity (Wildman–Crippen MR) is 58.0 cm³/mol. The smallest absolute Gasteiger partial charge is 0.117 e. The molecular weight excluding hydrogens is 176 g/mol. The van der Waals surface area contributed by atoms with E-state index in [9.17, 15) is 0 Å². The van der Waals surface area contributed by atoms with Gasteiger partial charge in [-0.05, 0) is 45.4 Å². The summed E-state index contributed by atoms with van der Waals surface area (Å²) in [5, 5.41) is 3.32. The maximum atomic E-state index is 5.64. The summed E-state index contributed by atoms with van der Waals surface area (Å²) in [5.41, 5.74) is 5.64. The second kappa shape index (κ2) is 5.83. The van der Waals surface area contributed by atoms with E-state index < -0.39 is 0 Å².